The molecule has 0 fully saturated rings. The number of benzene rings is 3. The molecule has 4 nitrogen and oxygen atoms in total. The lowest BCUT2D eigenvalue weighted by Crippen LogP contribution is -2.49. The fourth-order valence-electron chi connectivity index (χ4n) is 2.81. The van der Waals surface area contributed by atoms with Gasteiger partial charge in [0, 0.05) is 21.7 Å². The number of nitrogens with one attached hydrogen (secondary N) is 1. The van der Waals surface area contributed by atoms with E-state index in [2.05, 4.69) is 11.4 Å². The highest BCUT2D eigenvalue weighted by molar-refractivity contribution is 7.80. The summed E-state index contributed by atoms with van der Waals surface area (Å²) in [5.41, 5.74) is -1.82. The topological polar surface area (TPSA) is 54.3 Å². The minimum atomic E-state index is -4.46. The highest BCUT2D eigenvalue weighted by Crippen LogP contribution is 2.38. The van der Waals surface area contributed by atoms with Gasteiger partial charge in [-0.1, -0.05) is 59.2 Å². The Kier molecular flexibility index (Phi) is 8.39. The summed E-state index contributed by atoms with van der Waals surface area (Å²) >= 11 is 23.5. The van der Waals surface area contributed by atoms with Crippen LogP contribution in [0.25, 0.3) is 0 Å². The molecular formula is C24H16Cl3F3N2O2S. The Morgan fingerprint density at radius 2 is 1.54 bits per heavy atom. The zero-order valence-electron chi connectivity index (χ0n) is 17.9. The van der Waals surface area contributed by atoms with E-state index in [-0.39, 0.29) is 28.1 Å². The average Bonchev–Trinajstić information content (AvgIpc) is 2.80. The van der Waals surface area contributed by atoms with Gasteiger partial charge >= 0.3 is 6.18 Å². The molecule has 0 aromatic heterocycles. The zero-order valence-corrected chi connectivity index (χ0v) is 21.0. The van der Waals surface area contributed by atoms with Crippen molar-refractivity contribution in [3.63, 3.8) is 0 Å². The summed E-state index contributed by atoms with van der Waals surface area (Å²) in [7, 11) is 0. The lowest BCUT2D eigenvalue weighted by molar-refractivity contribution is -0.137. The number of alkyl halides is 3. The number of rotatable bonds is 7. The zero-order chi connectivity index (χ0) is 25.8. The molecule has 3 rings (SSSR count). The van der Waals surface area contributed by atoms with Crippen LogP contribution in [0, 0.1) is 11.3 Å². The van der Waals surface area contributed by atoms with Gasteiger partial charge in [0.15, 0.2) is 17.0 Å². The predicted octanol–water partition coefficient (Wildman–Crippen LogP) is 8.08. The molecule has 0 aliphatic rings. The molecule has 3 aromatic carbocycles. The Hall–Kier alpha value is -2.70. The number of hydrogen-bond donors (Lipinski definition) is 1. The van der Waals surface area contributed by atoms with Crippen LogP contribution in [-0.4, -0.2) is 17.1 Å². The van der Waals surface area contributed by atoms with Crippen molar-refractivity contribution in [3.8, 4) is 23.3 Å². The maximum absolute atomic E-state index is 12.8. The van der Waals surface area contributed by atoms with E-state index in [9.17, 15) is 18.4 Å². The molecule has 1 unspecified atom stereocenters. The Morgan fingerprint density at radius 3 is 2.11 bits per heavy atom. The van der Waals surface area contributed by atoms with Crippen LogP contribution < -0.4 is 14.8 Å². The first-order chi connectivity index (χ1) is 16.4. The summed E-state index contributed by atoms with van der Waals surface area (Å²) in [4.78, 5) is 0.0851. The normalized spacial score (nSPS) is 12.9. The van der Waals surface area contributed by atoms with Crippen LogP contribution in [0.3, 0.4) is 0 Å². The molecule has 1 N–H and O–H groups in total. The fourth-order valence-corrected chi connectivity index (χ4v) is 3.78. The summed E-state index contributed by atoms with van der Waals surface area (Å²) in [6.45, 7) is 1.33. The first kappa shape index (κ1) is 26.9. The van der Waals surface area contributed by atoms with Gasteiger partial charge in [-0.2, -0.15) is 18.4 Å². The summed E-state index contributed by atoms with van der Waals surface area (Å²) in [6.07, 6.45) is -4.46. The molecule has 0 bridgehead atoms. The SMILES string of the molecule is CC(C#N)(COc1cc(Cl)ccc1Oc1ccc(Cl)cc1Cl)NC(=S)c1ccc(C(F)(F)F)cc1. The van der Waals surface area contributed by atoms with Gasteiger partial charge in [-0.3, -0.25) is 0 Å². The summed E-state index contributed by atoms with van der Waals surface area (Å²) in [5, 5.41) is 13.7. The molecule has 1 atom stereocenters. The highest BCUT2D eigenvalue weighted by atomic mass is 35.5. The molecule has 0 amide bonds. The third kappa shape index (κ3) is 7.15. The maximum Gasteiger partial charge on any atom is 0.416 e. The lowest BCUT2D eigenvalue weighted by Gasteiger charge is -2.25. The third-order valence-corrected chi connectivity index (χ3v) is 5.75. The van der Waals surface area contributed by atoms with Gasteiger partial charge in [0.1, 0.15) is 17.3 Å². The van der Waals surface area contributed by atoms with Crippen molar-refractivity contribution >= 4 is 52.0 Å². The van der Waals surface area contributed by atoms with Gasteiger partial charge in [-0.05, 0) is 49.4 Å². The van der Waals surface area contributed by atoms with Gasteiger partial charge in [-0.15, -0.1) is 0 Å². The number of thiocarbonyl (C=S) groups is 1. The van der Waals surface area contributed by atoms with Gasteiger partial charge in [0.25, 0.3) is 0 Å². The smallest absolute Gasteiger partial charge is 0.416 e. The Balaban J connectivity index is 1.75. The Bertz CT molecular complexity index is 1280. The van der Waals surface area contributed by atoms with E-state index >= 15 is 0 Å². The van der Waals surface area contributed by atoms with Crippen LogP contribution >= 0.6 is 47.0 Å². The largest absolute Gasteiger partial charge is 0.486 e. The van der Waals surface area contributed by atoms with Crippen LogP contribution in [0.4, 0.5) is 13.2 Å². The molecule has 35 heavy (non-hydrogen) atoms. The molecular weight excluding hydrogens is 544 g/mol. The van der Waals surface area contributed by atoms with Crippen molar-refractivity contribution in [2.24, 2.45) is 0 Å². The van der Waals surface area contributed by atoms with E-state index in [4.69, 9.17) is 56.5 Å². The van der Waals surface area contributed by atoms with E-state index in [1.807, 2.05) is 0 Å². The fraction of sp³-hybridized carbons (Fsp3) is 0.167. The van der Waals surface area contributed by atoms with Crippen molar-refractivity contribution in [3.05, 3.63) is 86.9 Å². The molecule has 11 heteroatoms. The van der Waals surface area contributed by atoms with Crippen molar-refractivity contribution in [1.29, 1.82) is 5.26 Å². The van der Waals surface area contributed by atoms with E-state index in [1.54, 1.807) is 24.3 Å². The van der Waals surface area contributed by atoms with Crippen LogP contribution in [0.1, 0.15) is 18.1 Å². The molecule has 0 heterocycles. The third-order valence-electron chi connectivity index (χ3n) is 4.65. The van der Waals surface area contributed by atoms with Crippen molar-refractivity contribution in [1.82, 2.24) is 5.32 Å². The molecule has 0 spiro atoms. The number of halogens is 6. The Labute approximate surface area is 220 Å². The van der Waals surface area contributed by atoms with Gasteiger partial charge in [0.2, 0.25) is 0 Å². The minimum absolute atomic E-state index is 0.0851. The summed E-state index contributed by atoms with van der Waals surface area (Å²) in [6, 6.07) is 15.8. The Morgan fingerprint density at radius 1 is 0.943 bits per heavy atom. The molecule has 0 radical (unpaired) electrons. The van der Waals surface area contributed by atoms with E-state index in [1.165, 1.54) is 31.2 Å². The van der Waals surface area contributed by atoms with Crippen molar-refractivity contribution in [2.45, 2.75) is 18.6 Å². The molecule has 0 saturated heterocycles. The standard InChI is InChI=1S/C24H16Cl3F3N2O2S/c1-23(12-31,32-22(35)14-2-4-15(5-3-14)24(28,29)30)13-33-21-11-17(26)7-9-20(21)34-19-8-6-16(25)10-18(19)27/h2-11H,13H2,1H3,(H,32,35). The molecule has 0 aliphatic carbocycles. The molecule has 0 saturated carbocycles. The second-order valence-electron chi connectivity index (χ2n) is 7.53. The van der Waals surface area contributed by atoms with Crippen molar-refractivity contribution in [2.75, 3.05) is 6.61 Å². The average molecular weight is 560 g/mol. The summed E-state index contributed by atoms with van der Waals surface area (Å²) < 4.78 is 50.1. The monoisotopic (exact) mass is 558 g/mol. The molecule has 0 aliphatic heterocycles. The van der Waals surface area contributed by atoms with Crippen molar-refractivity contribution < 1.29 is 22.6 Å². The van der Waals surface area contributed by atoms with E-state index in [0.29, 0.717) is 21.4 Å². The second kappa shape index (κ2) is 10.9. The predicted molar refractivity (Wildman–Crippen MR) is 134 cm³/mol. The first-order valence-corrected chi connectivity index (χ1v) is 11.4. The second-order valence-corrected chi connectivity index (χ2v) is 9.22. The van der Waals surface area contributed by atoms with Crippen LogP contribution in [-0.2, 0) is 6.18 Å². The van der Waals surface area contributed by atoms with Gasteiger partial charge < -0.3 is 14.8 Å². The quantitative estimate of drug-likeness (QED) is 0.297. The summed E-state index contributed by atoms with van der Waals surface area (Å²) in [5.74, 6) is 0.837. The number of ether oxygens (including phenoxy) is 2. The lowest BCUT2D eigenvalue weighted by atomic mass is 10.0. The van der Waals surface area contributed by atoms with Crippen LogP contribution in [0.5, 0.6) is 17.2 Å². The minimum Gasteiger partial charge on any atom is -0.486 e. The van der Waals surface area contributed by atoms with Gasteiger partial charge in [0.05, 0.1) is 16.7 Å². The molecule has 182 valence electrons. The van der Waals surface area contributed by atoms with E-state index < -0.39 is 17.3 Å². The first-order valence-electron chi connectivity index (χ1n) is 9.86. The number of nitrogens with zero attached hydrogens (tertiary/aromatic N) is 1. The van der Waals surface area contributed by atoms with Gasteiger partial charge in [-0.25, -0.2) is 0 Å². The maximum atomic E-state index is 12.8. The highest BCUT2D eigenvalue weighted by Gasteiger charge is 2.31. The van der Waals surface area contributed by atoms with Crippen LogP contribution in [0.15, 0.2) is 60.7 Å². The molecule has 3 aromatic rings. The van der Waals surface area contributed by atoms with E-state index in [0.717, 1.165) is 12.1 Å². The van der Waals surface area contributed by atoms with Crippen LogP contribution in [0.2, 0.25) is 15.1 Å². The number of nitriles is 1. The number of hydrogen-bond acceptors (Lipinski definition) is 4.